The molecule has 0 radical (unpaired) electrons. The maximum absolute atomic E-state index is 11.5. The lowest BCUT2D eigenvalue weighted by atomic mass is 10.1. The van der Waals surface area contributed by atoms with Gasteiger partial charge in [-0.25, -0.2) is 4.79 Å². The summed E-state index contributed by atoms with van der Waals surface area (Å²) >= 11 is 0. The molecular formula is C12H17NO2. The number of nitrogens with two attached hydrogens (primary N) is 1. The summed E-state index contributed by atoms with van der Waals surface area (Å²) in [4.78, 5) is 11.5. The van der Waals surface area contributed by atoms with Gasteiger partial charge >= 0.3 is 5.97 Å². The highest BCUT2D eigenvalue weighted by molar-refractivity contribution is 5.89. The summed E-state index contributed by atoms with van der Waals surface area (Å²) < 4.78 is 4.90. The average Bonchev–Trinajstić information content (AvgIpc) is 2.22. The molecule has 0 saturated heterocycles. The van der Waals surface area contributed by atoms with Gasteiger partial charge in [0.05, 0.1) is 5.57 Å². The molecule has 0 aromatic rings. The predicted molar refractivity (Wildman–Crippen MR) is 62.0 cm³/mol. The average molecular weight is 207 g/mol. The number of carbonyl (C=O) groups is 1. The van der Waals surface area contributed by atoms with Gasteiger partial charge in [-0.15, -0.1) is 13.2 Å². The summed E-state index contributed by atoms with van der Waals surface area (Å²) in [6.07, 6.45) is 5.62. The summed E-state index contributed by atoms with van der Waals surface area (Å²) in [6.45, 7) is 10.8. The fourth-order valence-corrected chi connectivity index (χ4v) is 0.990. The van der Waals surface area contributed by atoms with E-state index < -0.39 is 5.97 Å². The molecule has 3 nitrogen and oxygen atoms in total. The lowest BCUT2D eigenvalue weighted by Crippen LogP contribution is -2.13. The second-order valence-corrected chi connectivity index (χ2v) is 2.88. The first-order chi connectivity index (χ1) is 7.17. The molecule has 0 heterocycles. The third-order valence-corrected chi connectivity index (χ3v) is 1.68. The van der Waals surface area contributed by atoms with E-state index in [1.165, 1.54) is 6.08 Å². The third-order valence-electron chi connectivity index (χ3n) is 1.68. The third kappa shape index (κ3) is 4.86. The van der Waals surface area contributed by atoms with Gasteiger partial charge in [0.15, 0.2) is 0 Å². The Balaban J connectivity index is 4.69. The van der Waals surface area contributed by atoms with E-state index in [4.69, 9.17) is 10.5 Å². The van der Waals surface area contributed by atoms with E-state index in [1.54, 1.807) is 12.2 Å². The highest BCUT2D eigenvalue weighted by Gasteiger charge is 2.12. The van der Waals surface area contributed by atoms with Crippen molar-refractivity contribution < 1.29 is 9.53 Å². The Morgan fingerprint density at radius 1 is 1.13 bits per heavy atom. The quantitative estimate of drug-likeness (QED) is 0.395. The molecule has 0 saturated carbocycles. The molecule has 0 bridgehead atoms. The zero-order valence-electron chi connectivity index (χ0n) is 8.87. The summed E-state index contributed by atoms with van der Waals surface area (Å²) in [5, 5.41) is 0. The number of esters is 1. The number of rotatable bonds is 7. The zero-order chi connectivity index (χ0) is 11.7. The number of hydrogen-bond donors (Lipinski definition) is 1. The molecule has 0 rings (SSSR count). The van der Waals surface area contributed by atoms with Crippen LogP contribution in [0.15, 0.2) is 49.2 Å². The Labute approximate surface area is 90.6 Å². The largest absolute Gasteiger partial charge is 0.458 e. The lowest BCUT2D eigenvalue weighted by molar-refractivity contribution is -0.137. The molecule has 0 atom stereocenters. The Kier molecular flexibility index (Phi) is 6.72. The predicted octanol–water partition coefficient (Wildman–Crippen LogP) is 2.08. The first-order valence-electron chi connectivity index (χ1n) is 4.64. The summed E-state index contributed by atoms with van der Waals surface area (Å²) in [6, 6.07) is 0. The second-order valence-electron chi connectivity index (χ2n) is 2.88. The molecule has 0 aliphatic heterocycles. The van der Waals surface area contributed by atoms with Crippen molar-refractivity contribution in [2.45, 2.75) is 12.8 Å². The summed E-state index contributed by atoms with van der Waals surface area (Å²) in [5.41, 5.74) is 6.63. The topological polar surface area (TPSA) is 52.3 Å². The Bertz CT molecular complexity index is 290. The van der Waals surface area contributed by atoms with Gasteiger partial charge in [-0.05, 0) is 6.42 Å². The fraction of sp³-hybridized carbons (Fsp3) is 0.250. The van der Waals surface area contributed by atoms with Crippen LogP contribution < -0.4 is 5.73 Å². The van der Waals surface area contributed by atoms with Crippen molar-refractivity contribution in [3.8, 4) is 0 Å². The normalized spacial score (nSPS) is 11.2. The number of allylic oxidation sites excluding steroid dienone is 2. The molecule has 0 fully saturated rings. The molecule has 0 aromatic heterocycles. The van der Waals surface area contributed by atoms with Gasteiger partial charge in [0.2, 0.25) is 0 Å². The zero-order valence-corrected chi connectivity index (χ0v) is 8.87. The molecule has 82 valence electrons. The van der Waals surface area contributed by atoms with Crippen molar-refractivity contribution in [2.24, 2.45) is 5.73 Å². The minimum absolute atomic E-state index is 0.181. The van der Waals surface area contributed by atoms with Gasteiger partial charge in [0.25, 0.3) is 0 Å². The van der Waals surface area contributed by atoms with E-state index in [1.807, 2.05) is 0 Å². The van der Waals surface area contributed by atoms with Crippen LogP contribution in [0.5, 0.6) is 0 Å². The van der Waals surface area contributed by atoms with Gasteiger partial charge in [-0.2, -0.15) is 0 Å². The SMILES string of the molecule is C=CCOC(=O)/C(CC=C)=C(\N)CC=C. The summed E-state index contributed by atoms with van der Waals surface area (Å²) in [5.74, 6) is -0.422. The smallest absolute Gasteiger partial charge is 0.336 e. The second kappa shape index (κ2) is 7.62. The number of carbonyl (C=O) groups excluding carboxylic acids is 1. The minimum atomic E-state index is -0.422. The standard InChI is InChI=1S/C12H17NO2/c1-4-7-10(11(13)8-5-2)12(14)15-9-6-3/h4-6H,1-3,7-9,13H2/b11-10-. The fourth-order valence-electron chi connectivity index (χ4n) is 0.990. The number of ether oxygens (including phenoxy) is 1. The van der Waals surface area contributed by atoms with Gasteiger partial charge < -0.3 is 10.5 Å². The van der Waals surface area contributed by atoms with Crippen molar-refractivity contribution in [1.82, 2.24) is 0 Å². The molecule has 0 aliphatic carbocycles. The van der Waals surface area contributed by atoms with Crippen LogP contribution in [0.25, 0.3) is 0 Å². The molecular weight excluding hydrogens is 190 g/mol. The molecule has 15 heavy (non-hydrogen) atoms. The van der Waals surface area contributed by atoms with Crippen molar-refractivity contribution >= 4 is 5.97 Å². The van der Waals surface area contributed by atoms with E-state index in [0.717, 1.165) is 0 Å². The Morgan fingerprint density at radius 2 is 1.73 bits per heavy atom. The van der Waals surface area contributed by atoms with Crippen LogP contribution >= 0.6 is 0 Å². The molecule has 0 amide bonds. The molecule has 0 unspecified atom stereocenters. The van der Waals surface area contributed by atoms with E-state index in [2.05, 4.69) is 19.7 Å². The van der Waals surface area contributed by atoms with Crippen LogP contribution in [0.2, 0.25) is 0 Å². The minimum Gasteiger partial charge on any atom is -0.458 e. The van der Waals surface area contributed by atoms with Gasteiger partial charge in [-0.1, -0.05) is 24.8 Å². The Hall–Kier alpha value is -1.77. The van der Waals surface area contributed by atoms with Gasteiger partial charge in [0.1, 0.15) is 6.61 Å². The first-order valence-corrected chi connectivity index (χ1v) is 4.64. The summed E-state index contributed by atoms with van der Waals surface area (Å²) in [7, 11) is 0. The van der Waals surface area contributed by atoms with Crippen molar-refractivity contribution in [3.63, 3.8) is 0 Å². The van der Waals surface area contributed by atoms with E-state index >= 15 is 0 Å². The molecule has 2 N–H and O–H groups in total. The highest BCUT2D eigenvalue weighted by Crippen LogP contribution is 2.11. The van der Waals surface area contributed by atoms with Crippen molar-refractivity contribution in [2.75, 3.05) is 6.61 Å². The monoisotopic (exact) mass is 207 g/mol. The van der Waals surface area contributed by atoms with E-state index in [-0.39, 0.29) is 6.61 Å². The van der Waals surface area contributed by atoms with Crippen LogP contribution in [0.4, 0.5) is 0 Å². The molecule has 0 aliphatic rings. The van der Waals surface area contributed by atoms with Crippen molar-refractivity contribution in [3.05, 3.63) is 49.2 Å². The van der Waals surface area contributed by atoms with Gasteiger partial charge in [-0.3, -0.25) is 0 Å². The maximum Gasteiger partial charge on any atom is 0.336 e. The molecule has 0 aromatic carbocycles. The van der Waals surface area contributed by atoms with Crippen LogP contribution in [0.3, 0.4) is 0 Å². The van der Waals surface area contributed by atoms with Crippen LogP contribution in [0.1, 0.15) is 12.8 Å². The van der Waals surface area contributed by atoms with Crippen LogP contribution in [-0.4, -0.2) is 12.6 Å². The molecule has 3 heteroatoms. The lowest BCUT2D eigenvalue weighted by Gasteiger charge is -2.08. The highest BCUT2D eigenvalue weighted by atomic mass is 16.5. The van der Waals surface area contributed by atoms with E-state index in [0.29, 0.717) is 24.1 Å². The maximum atomic E-state index is 11.5. The Morgan fingerprint density at radius 3 is 2.20 bits per heavy atom. The molecule has 0 spiro atoms. The van der Waals surface area contributed by atoms with Crippen LogP contribution in [-0.2, 0) is 9.53 Å². The van der Waals surface area contributed by atoms with Crippen LogP contribution in [0, 0.1) is 0 Å². The van der Waals surface area contributed by atoms with Gasteiger partial charge in [0, 0.05) is 12.1 Å². The number of hydrogen-bond acceptors (Lipinski definition) is 3. The van der Waals surface area contributed by atoms with E-state index in [9.17, 15) is 4.79 Å². The first kappa shape index (κ1) is 13.2. The van der Waals surface area contributed by atoms with Crippen molar-refractivity contribution in [1.29, 1.82) is 0 Å².